The summed E-state index contributed by atoms with van der Waals surface area (Å²) < 4.78 is 25.3. The molecule has 4 heteroatoms. The Morgan fingerprint density at radius 1 is 1.14 bits per heavy atom. The summed E-state index contributed by atoms with van der Waals surface area (Å²) in [6.07, 6.45) is 0.0119. The van der Waals surface area contributed by atoms with E-state index < -0.39 is 11.5 Å². The lowest BCUT2D eigenvalue weighted by molar-refractivity contribution is -0.101. The van der Waals surface area contributed by atoms with E-state index in [9.17, 15) is 13.9 Å². The third-order valence-electron chi connectivity index (χ3n) is 2.42. The number of aliphatic hydroxyl groups is 1. The highest BCUT2D eigenvalue weighted by Gasteiger charge is 2.41. The van der Waals surface area contributed by atoms with Crippen LogP contribution >= 0.6 is 0 Å². The maximum absolute atomic E-state index is 12.7. The molecule has 0 spiro atoms. The highest BCUT2D eigenvalue weighted by atomic mass is 19.3. The van der Waals surface area contributed by atoms with Gasteiger partial charge in [0.15, 0.2) is 0 Å². The summed E-state index contributed by atoms with van der Waals surface area (Å²) in [5, 5.41) is 12.5. The predicted octanol–water partition coefficient (Wildman–Crippen LogP) is 2.17. The van der Waals surface area contributed by atoms with Crippen molar-refractivity contribution in [2.75, 3.05) is 13.6 Å². The summed E-state index contributed by atoms with van der Waals surface area (Å²) in [7, 11) is 1.71. The van der Waals surface area contributed by atoms with Crippen LogP contribution in [0.1, 0.15) is 39.5 Å². The highest BCUT2D eigenvalue weighted by molar-refractivity contribution is 4.89. The molecule has 1 rings (SSSR count). The fourth-order valence-corrected chi connectivity index (χ4v) is 1.59. The van der Waals surface area contributed by atoms with Gasteiger partial charge in [-0.15, -0.1) is 0 Å². The first-order valence-electron chi connectivity index (χ1n) is 5.22. The number of rotatable bonds is 2. The van der Waals surface area contributed by atoms with E-state index in [-0.39, 0.29) is 25.7 Å². The molecule has 0 unspecified atom stereocenters. The largest absolute Gasteiger partial charge is 0.389 e. The second kappa shape index (κ2) is 5.61. The molecular formula is C10H21F2NO. The molecule has 0 atom stereocenters. The first-order chi connectivity index (χ1) is 6.47. The van der Waals surface area contributed by atoms with Gasteiger partial charge >= 0.3 is 0 Å². The molecule has 14 heavy (non-hydrogen) atoms. The predicted molar refractivity (Wildman–Crippen MR) is 53.6 cm³/mol. The molecule has 2 N–H and O–H groups in total. The smallest absolute Gasteiger partial charge is 0.248 e. The maximum atomic E-state index is 12.7. The summed E-state index contributed by atoms with van der Waals surface area (Å²) >= 11 is 0. The number of alkyl halides is 2. The fraction of sp³-hybridized carbons (Fsp3) is 1.00. The van der Waals surface area contributed by atoms with Crippen LogP contribution in [0.25, 0.3) is 0 Å². The normalized spacial score (nSPS) is 23.6. The van der Waals surface area contributed by atoms with E-state index in [0.717, 1.165) is 0 Å². The zero-order valence-corrected chi connectivity index (χ0v) is 9.24. The lowest BCUT2D eigenvalue weighted by Gasteiger charge is -2.35. The van der Waals surface area contributed by atoms with E-state index in [1.165, 1.54) is 0 Å². The van der Waals surface area contributed by atoms with Gasteiger partial charge in [0.1, 0.15) is 0 Å². The van der Waals surface area contributed by atoms with Crippen molar-refractivity contribution in [3.63, 3.8) is 0 Å². The van der Waals surface area contributed by atoms with Crippen LogP contribution < -0.4 is 5.32 Å². The summed E-state index contributed by atoms with van der Waals surface area (Å²) in [5.41, 5.74) is -0.906. The van der Waals surface area contributed by atoms with Crippen LogP contribution in [-0.4, -0.2) is 30.2 Å². The maximum Gasteiger partial charge on any atom is 0.248 e. The standard InChI is InChI=1S/C8H15F2NO.C2H6/c1-11-6-7(12)2-4-8(9,10)5-3-7;1-2/h11-12H,2-6H2,1H3;1-2H3. The van der Waals surface area contributed by atoms with Crippen LogP contribution in [0.15, 0.2) is 0 Å². The van der Waals surface area contributed by atoms with E-state index in [2.05, 4.69) is 5.32 Å². The van der Waals surface area contributed by atoms with E-state index in [1.54, 1.807) is 7.05 Å². The van der Waals surface area contributed by atoms with Crippen molar-refractivity contribution in [1.29, 1.82) is 0 Å². The highest BCUT2D eigenvalue weighted by Crippen LogP contribution is 2.37. The average molecular weight is 209 g/mol. The van der Waals surface area contributed by atoms with Crippen LogP contribution in [0.5, 0.6) is 0 Å². The van der Waals surface area contributed by atoms with Crippen LogP contribution in [0, 0.1) is 0 Å². The van der Waals surface area contributed by atoms with Gasteiger partial charge in [-0.2, -0.15) is 0 Å². The summed E-state index contributed by atoms with van der Waals surface area (Å²) in [4.78, 5) is 0. The first-order valence-corrected chi connectivity index (χ1v) is 5.22. The number of halogens is 2. The Labute approximate surface area is 84.7 Å². The molecule has 1 aliphatic carbocycles. The van der Waals surface area contributed by atoms with Crippen molar-refractivity contribution in [2.24, 2.45) is 0 Å². The molecule has 2 nitrogen and oxygen atoms in total. The van der Waals surface area contributed by atoms with Gasteiger partial charge in [-0.1, -0.05) is 13.8 Å². The van der Waals surface area contributed by atoms with Crippen molar-refractivity contribution in [1.82, 2.24) is 5.32 Å². The number of hydrogen-bond donors (Lipinski definition) is 2. The van der Waals surface area contributed by atoms with E-state index in [1.807, 2.05) is 13.8 Å². The zero-order chi connectivity index (χ0) is 11.2. The molecule has 86 valence electrons. The van der Waals surface area contributed by atoms with Crippen LogP contribution in [0.3, 0.4) is 0 Å². The van der Waals surface area contributed by atoms with Crippen molar-refractivity contribution in [3.8, 4) is 0 Å². The summed E-state index contributed by atoms with van der Waals surface area (Å²) in [5.74, 6) is -2.56. The number of likely N-dealkylation sites (N-methyl/N-ethyl adjacent to an activating group) is 1. The van der Waals surface area contributed by atoms with Crippen molar-refractivity contribution in [3.05, 3.63) is 0 Å². The van der Waals surface area contributed by atoms with Crippen molar-refractivity contribution >= 4 is 0 Å². The third-order valence-corrected chi connectivity index (χ3v) is 2.42. The Morgan fingerprint density at radius 3 is 1.93 bits per heavy atom. The molecule has 1 aliphatic rings. The number of hydrogen-bond acceptors (Lipinski definition) is 2. The van der Waals surface area contributed by atoms with Gasteiger partial charge in [-0.25, -0.2) is 8.78 Å². The monoisotopic (exact) mass is 209 g/mol. The van der Waals surface area contributed by atoms with Gasteiger partial charge in [0, 0.05) is 19.4 Å². The average Bonchev–Trinajstić information content (AvgIpc) is 2.15. The minimum absolute atomic E-state index is 0.189. The Balaban J connectivity index is 0.000000791. The molecule has 0 aliphatic heterocycles. The van der Waals surface area contributed by atoms with Crippen LogP contribution in [0.4, 0.5) is 8.78 Å². The van der Waals surface area contributed by atoms with Gasteiger partial charge in [0.2, 0.25) is 5.92 Å². The molecule has 0 saturated heterocycles. The van der Waals surface area contributed by atoms with Gasteiger partial charge in [0.05, 0.1) is 5.60 Å². The quantitative estimate of drug-likeness (QED) is 0.730. The van der Waals surface area contributed by atoms with E-state index in [4.69, 9.17) is 0 Å². The van der Waals surface area contributed by atoms with Crippen LogP contribution in [-0.2, 0) is 0 Å². The van der Waals surface area contributed by atoms with Crippen molar-refractivity contribution in [2.45, 2.75) is 51.1 Å². The van der Waals surface area contributed by atoms with Crippen molar-refractivity contribution < 1.29 is 13.9 Å². The van der Waals surface area contributed by atoms with Gasteiger partial charge in [-0.3, -0.25) is 0 Å². The van der Waals surface area contributed by atoms with Gasteiger partial charge in [-0.05, 0) is 19.9 Å². The Hall–Kier alpha value is -0.220. The third kappa shape index (κ3) is 4.33. The molecular weight excluding hydrogens is 188 g/mol. The fourth-order valence-electron chi connectivity index (χ4n) is 1.59. The molecule has 1 fully saturated rings. The lowest BCUT2D eigenvalue weighted by Crippen LogP contribution is -2.45. The molecule has 0 radical (unpaired) electrons. The minimum atomic E-state index is -2.56. The molecule has 0 bridgehead atoms. The molecule has 0 amide bonds. The molecule has 0 aromatic rings. The summed E-state index contributed by atoms with van der Waals surface area (Å²) in [6.45, 7) is 4.41. The van der Waals surface area contributed by atoms with Gasteiger partial charge < -0.3 is 10.4 Å². The van der Waals surface area contributed by atoms with E-state index in [0.29, 0.717) is 6.54 Å². The summed E-state index contributed by atoms with van der Waals surface area (Å²) in [6, 6.07) is 0. The molecule has 0 aromatic heterocycles. The van der Waals surface area contributed by atoms with Crippen LogP contribution in [0.2, 0.25) is 0 Å². The first kappa shape index (κ1) is 13.8. The zero-order valence-electron chi connectivity index (χ0n) is 9.24. The SMILES string of the molecule is CC.CNCC1(O)CCC(F)(F)CC1. The minimum Gasteiger partial charge on any atom is -0.389 e. The Kier molecular flexibility index (Phi) is 5.52. The Morgan fingerprint density at radius 2 is 1.57 bits per heavy atom. The number of nitrogens with one attached hydrogen (secondary N) is 1. The second-order valence-electron chi connectivity index (χ2n) is 3.61. The second-order valence-corrected chi connectivity index (χ2v) is 3.61. The van der Waals surface area contributed by atoms with E-state index >= 15 is 0 Å². The molecule has 0 heterocycles. The Bertz CT molecular complexity index is 152. The molecule has 0 aromatic carbocycles. The lowest BCUT2D eigenvalue weighted by atomic mass is 9.83. The van der Waals surface area contributed by atoms with Gasteiger partial charge in [0.25, 0.3) is 0 Å². The molecule has 1 saturated carbocycles. The topological polar surface area (TPSA) is 32.3 Å².